The topological polar surface area (TPSA) is 75.4 Å². The zero-order valence-electron chi connectivity index (χ0n) is 15.3. The second kappa shape index (κ2) is 7.81. The number of halogens is 3. The van der Waals surface area contributed by atoms with Gasteiger partial charge in [0.25, 0.3) is 0 Å². The highest BCUT2D eigenvalue weighted by Crippen LogP contribution is 2.30. The van der Waals surface area contributed by atoms with Crippen molar-refractivity contribution in [1.29, 1.82) is 0 Å². The number of carbonyl (C=O) groups is 2. The lowest BCUT2D eigenvalue weighted by Gasteiger charge is -2.19. The molecule has 1 unspecified atom stereocenters. The Hall–Kier alpha value is -2.84. The first-order chi connectivity index (χ1) is 12.5. The van der Waals surface area contributed by atoms with E-state index in [0.717, 1.165) is 12.1 Å². The molecule has 1 aromatic heterocycles. The SMILES string of the molecule is Cc1noc(C)c1CN(C)C(=O)C(=O)NC(C)c1cccc(C(F)(F)F)c1. The molecule has 146 valence electrons. The Labute approximate surface area is 154 Å². The van der Waals surface area contributed by atoms with E-state index in [1.54, 1.807) is 13.8 Å². The molecule has 1 heterocycles. The van der Waals surface area contributed by atoms with Crippen LogP contribution in [0.15, 0.2) is 28.8 Å². The van der Waals surface area contributed by atoms with Crippen molar-refractivity contribution in [1.82, 2.24) is 15.4 Å². The number of carbonyl (C=O) groups excluding carboxylic acids is 2. The summed E-state index contributed by atoms with van der Waals surface area (Å²) < 4.78 is 43.5. The van der Waals surface area contributed by atoms with Gasteiger partial charge >= 0.3 is 18.0 Å². The van der Waals surface area contributed by atoms with Crippen LogP contribution >= 0.6 is 0 Å². The van der Waals surface area contributed by atoms with E-state index in [2.05, 4.69) is 10.5 Å². The smallest absolute Gasteiger partial charge is 0.361 e. The Bertz CT molecular complexity index is 826. The van der Waals surface area contributed by atoms with Gasteiger partial charge in [-0.15, -0.1) is 0 Å². The Morgan fingerprint density at radius 3 is 2.52 bits per heavy atom. The van der Waals surface area contributed by atoms with Crippen molar-refractivity contribution in [2.24, 2.45) is 0 Å². The number of nitrogens with one attached hydrogen (secondary N) is 1. The van der Waals surface area contributed by atoms with E-state index in [0.29, 0.717) is 17.0 Å². The Morgan fingerprint density at radius 1 is 1.30 bits per heavy atom. The summed E-state index contributed by atoms with van der Waals surface area (Å²) in [7, 11) is 1.45. The normalized spacial score (nSPS) is 12.6. The maximum Gasteiger partial charge on any atom is 0.416 e. The number of alkyl halides is 3. The molecule has 2 aromatic rings. The van der Waals surface area contributed by atoms with Crippen LogP contribution in [-0.4, -0.2) is 28.9 Å². The number of likely N-dealkylation sites (N-methyl/N-ethyl adjacent to an activating group) is 1. The first-order valence-electron chi connectivity index (χ1n) is 8.15. The quantitative estimate of drug-likeness (QED) is 0.823. The second-order valence-electron chi connectivity index (χ2n) is 6.28. The van der Waals surface area contributed by atoms with E-state index >= 15 is 0 Å². The van der Waals surface area contributed by atoms with Gasteiger partial charge in [-0.2, -0.15) is 13.2 Å². The van der Waals surface area contributed by atoms with Crippen LogP contribution in [0.1, 0.15) is 41.1 Å². The monoisotopic (exact) mass is 383 g/mol. The van der Waals surface area contributed by atoms with Crippen LogP contribution in [0.3, 0.4) is 0 Å². The van der Waals surface area contributed by atoms with Crippen molar-refractivity contribution in [3.05, 3.63) is 52.4 Å². The third-order valence-electron chi connectivity index (χ3n) is 4.18. The summed E-state index contributed by atoms with van der Waals surface area (Å²) in [5.74, 6) is -1.17. The number of rotatable bonds is 4. The van der Waals surface area contributed by atoms with Crippen LogP contribution in [-0.2, 0) is 22.3 Å². The fourth-order valence-corrected chi connectivity index (χ4v) is 2.54. The molecular formula is C18H20F3N3O3. The largest absolute Gasteiger partial charge is 0.416 e. The van der Waals surface area contributed by atoms with Crippen LogP contribution in [0.5, 0.6) is 0 Å². The van der Waals surface area contributed by atoms with Crippen LogP contribution < -0.4 is 5.32 Å². The fraction of sp³-hybridized carbons (Fsp3) is 0.389. The maximum absolute atomic E-state index is 12.8. The summed E-state index contributed by atoms with van der Waals surface area (Å²) in [5.41, 5.74) is 0.747. The van der Waals surface area contributed by atoms with Gasteiger partial charge in [-0.3, -0.25) is 9.59 Å². The molecule has 0 fully saturated rings. The lowest BCUT2D eigenvalue weighted by molar-refractivity contribution is -0.145. The zero-order valence-corrected chi connectivity index (χ0v) is 15.3. The fourth-order valence-electron chi connectivity index (χ4n) is 2.54. The van der Waals surface area contributed by atoms with Gasteiger partial charge in [0.15, 0.2) is 0 Å². The average Bonchev–Trinajstić information content (AvgIpc) is 2.92. The van der Waals surface area contributed by atoms with E-state index in [1.807, 2.05) is 0 Å². The molecule has 1 N–H and O–H groups in total. The van der Waals surface area contributed by atoms with Gasteiger partial charge < -0.3 is 14.7 Å². The second-order valence-corrected chi connectivity index (χ2v) is 6.28. The zero-order chi connectivity index (χ0) is 20.4. The van der Waals surface area contributed by atoms with Crippen LogP contribution in [0.2, 0.25) is 0 Å². The molecule has 6 nitrogen and oxygen atoms in total. The standard InChI is InChI=1S/C18H20F3N3O3/c1-10(13-6-5-7-14(8-13)18(19,20)21)22-16(25)17(26)24(4)9-15-11(2)23-27-12(15)3/h5-8,10H,9H2,1-4H3,(H,22,25). The molecule has 0 bridgehead atoms. The number of amides is 2. The minimum absolute atomic E-state index is 0.130. The van der Waals surface area contributed by atoms with E-state index in [1.165, 1.54) is 31.0 Å². The molecule has 2 rings (SSSR count). The van der Waals surface area contributed by atoms with Crippen LogP contribution in [0.25, 0.3) is 0 Å². The lowest BCUT2D eigenvalue weighted by atomic mass is 10.0. The summed E-state index contributed by atoms with van der Waals surface area (Å²) in [4.78, 5) is 25.6. The Balaban J connectivity index is 2.04. The summed E-state index contributed by atoms with van der Waals surface area (Å²) in [6, 6.07) is 3.84. The lowest BCUT2D eigenvalue weighted by Crippen LogP contribution is -2.41. The van der Waals surface area contributed by atoms with Gasteiger partial charge in [0.1, 0.15) is 5.76 Å². The van der Waals surface area contributed by atoms with Crippen molar-refractivity contribution in [3.63, 3.8) is 0 Å². The molecule has 1 atom stereocenters. The van der Waals surface area contributed by atoms with Crippen LogP contribution in [0, 0.1) is 13.8 Å². The molecule has 1 aromatic carbocycles. The number of benzene rings is 1. The average molecular weight is 383 g/mol. The highest BCUT2D eigenvalue weighted by molar-refractivity contribution is 6.34. The van der Waals surface area contributed by atoms with E-state index in [9.17, 15) is 22.8 Å². The molecule has 0 aliphatic carbocycles. The van der Waals surface area contributed by atoms with Gasteiger partial charge in [-0.25, -0.2) is 0 Å². The third kappa shape index (κ3) is 4.87. The minimum Gasteiger partial charge on any atom is -0.361 e. The predicted molar refractivity (Wildman–Crippen MR) is 90.5 cm³/mol. The molecule has 27 heavy (non-hydrogen) atoms. The van der Waals surface area contributed by atoms with Crippen molar-refractivity contribution in [2.45, 2.75) is 39.5 Å². The third-order valence-corrected chi connectivity index (χ3v) is 4.18. The molecule has 0 saturated carbocycles. The molecule has 0 saturated heterocycles. The summed E-state index contributed by atoms with van der Waals surface area (Å²) in [6.07, 6.45) is -4.48. The van der Waals surface area contributed by atoms with E-state index in [4.69, 9.17) is 4.52 Å². The molecule has 0 radical (unpaired) electrons. The highest BCUT2D eigenvalue weighted by atomic mass is 19.4. The first-order valence-corrected chi connectivity index (χ1v) is 8.15. The van der Waals surface area contributed by atoms with Crippen molar-refractivity contribution < 1.29 is 27.3 Å². The van der Waals surface area contributed by atoms with Gasteiger partial charge in [0.2, 0.25) is 0 Å². The minimum atomic E-state index is -4.48. The molecule has 0 aliphatic heterocycles. The van der Waals surface area contributed by atoms with Crippen molar-refractivity contribution >= 4 is 11.8 Å². The summed E-state index contributed by atoms with van der Waals surface area (Å²) in [6.45, 7) is 5.06. The predicted octanol–water partition coefficient (Wildman–Crippen LogP) is 3.15. The molecule has 0 aliphatic rings. The number of hydrogen-bond donors (Lipinski definition) is 1. The molecular weight excluding hydrogens is 363 g/mol. The van der Waals surface area contributed by atoms with Crippen molar-refractivity contribution in [2.75, 3.05) is 7.05 Å². The number of aromatic nitrogens is 1. The summed E-state index contributed by atoms with van der Waals surface area (Å²) >= 11 is 0. The summed E-state index contributed by atoms with van der Waals surface area (Å²) in [5, 5.41) is 6.21. The number of nitrogens with zero attached hydrogens (tertiary/aromatic N) is 2. The van der Waals surface area contributed by atoms with Gasteiger partial charge in [-0.05, 0) is 38.5 Å². The van der Waals surface area contributed by atoms with Crippen LogP contribution in [0.4, 0.5) is 13.2 Å². The van der Waals surface area contributed by atoms with Gasteiger partial charge in [0, 0.05) is 12.6 Å². The van der Waals surface area contributed by atoms with Gasteiger partial charge in [-0.1, -0.05) is 17.3 Å². The molecule has 0 spiro atoms. The number of hydrogen-bond acceptors (Lipinski definition) is 4. The number of aryl methyl sites for hydroxylation is 2. The van der Waals surface area contributed by atoms with Gasteiger partial charge in [0.05, 0.1) is 23.8 Å². The highest BCUT2D eigenvalue weighted by Gasteiger charge is 2.31. The van der Waals surface area contributed by atoms with E-state index in [-0.39, 0.29) is 12.1 Å². The van der Waals surface area contributed by atoms with E-state index < -0.39 is 29.6 Å². The first kappa shape index (κ1) is 20.5. The Morgan fingerprint density at radius 2 is 1.96 bits per heavy atom. The Kier molecular flexibility index (Phi) is 5.92. The van der Waals surface area contributed by atoms with Crippen molar-refractivity contribution in [3.8, 4) is 0 Å². The molecule has 2 amide bonds. The molecule has 9 heteroatoms. The maximum atomic E-state index is 12.8.